The Morgan fingerprint density at radius 2 is 1.90 bits per heavy atom. The third-order valence-corrected chi connectivity index (χ3v) is 3.07. The van der Waals surface area contributed by atoms with E-state index in [0.717, 1.165) is 18.2 Å². The van der Waals surface area contributed by atoms with Crippen molar-refractivity contribution in [2.24, 2.45) is 0 Å². The summed E-state index contributed by atoms with van der Waals surface area (Å²) >= 11 is 4.17. The Balaban J connectivity index is 3.27. The summed E-state index contributed by atoms with van der Waals surface area (Å²) < 4.78 is -0.957. The standard InChI is InChI=1S/C11H13N3O6S/c1-11(2,21)9(10(15)16)12-7-4-3-6(13(17)18)5-8(7)14(19)20/h3-5,9,12,21H,1-2H3,(H,15,16)/p+1/t9-/m1/s1. The van der Waals surface area contributed by atoms with Crippen LogP contribution in [0.4, 0.5) is 17.1 Å². The fraction of sp³-hybridized carbons (Fsp3) is 0.364. The van der Waals surface area contributed by atoms with Crippen LogP contribution in [-0.2, 0) is 4.79 Å². The van der Waals surface area contributed by atoms with E-state index in [-0.39, 0.29) is 5.69 Å². The van der Waals surface area contributed by atoms with Gasteiger partial charge in [-0.15, -0.1) is 0 Å². The molecule has 0 amide bonds. The molecule has 1 aromatic carbocycles. The van der Waals surface area contributed by atoms with Crippen LogP contribution in [0.2, 0.25) is 0 Å². The molecule has 21 heavy (non-hydrogen) atoms. The molecule has 0 aliphatic heterocycles. The molecule has 10 heteroatoms. The molecule has 114 valence electrons. The maximum absolute atomic E-state index is 11.2. The highest BCUT2D eigenvalue weighted by Gasteiger charge is 2.38. The number of nitro benzene ring substituents is 2. The molecule has 0 saturated heterocycles. The second-order valence-corrected chi connectivity index (χ2v) is 6.05. The molecule has 0 aliphatic carbocycles. The van der Waals surface area contributed by atoms with Gasteiger partial charge in [0.05, 0.1) is 14.6 Å². The van der Waals surface area contributed by atoms with Crippen molar-refractivity contribution < 1.29 is 25.1 Å². The van der Waals surface area contributed by atoms with E-state index in [2.05, 4.69) is 12.6 Å². The largest absolute Gasteiger partial charge is 0.477 e. The Bertz CT molecular complexity index is 598. The predicted octanol–water partition coefficient (Wildman–Crippen LogP) is 0.859. The van der Waals surface area contributed by atoms with Gasteiger partial charge in [0.25, 0.3) is 5.69 Å². The first-order chi connectivity index (χ1) is 9.54. The number of hydrogen-bond donors (Lipinski definition) is 3. The summed E-state index contributed by atoms with van der Waals surface area (Å²) in [6, 6.07) is 1.95. The van der Waals surface area contributed by atoms with Crippen molar-refractivity contribution in [3.05, 3.63) is 38.4 Å². The molecule has 3 N–H and O–H groups in total. The number of nitrogens with zero attached hydrogens (tertiary/aromatic N) is 2. The van der Waals surface area contributed by atoms with Crippen molar-refractivity contribution in [3.8, 4) is 0 Å². The van der Waals surface area contributed by atoms with E-state index < -0.39 is 38.0 Å². The van der Waals surface area contributed by atoms with Gasteiger partial charge in [-0.25, -0.2) is 4.79 Å². The van der Waals surface area contributed by atoms with Gasteiger partial charge in [-0.1, -0.05) is 0 Å². The lowest BCUT2D eigenvalue weighted by atomic mass is 10.0. The topological polar surface area (TPSA) is 140 Å². The molecule has 0 unspecified atom stereocenters. The van der Waals surface area contributed by atoms with Crippen LogP contribution in [0.3, 0.4) is 0 Å². The number of non-ortho nitro benzene ring substituents is 1. The van der Waals surface area contributed by atoms with Gasteiger partial charge in [0.1, 0.15) is 6.07 Å². The lowest BCUT2D eigenvalue weighted by molar-refractivity contribution is -0.606. The van der Waals surface area contributed by atoms with Crippen LogP contribution in [-0.4, -0.2) is 31.7 Å². The van der Waals surface area contributed by atoms with Gasteiger partial charge in [0, 0.05) is 12.1 Å². The minimum absolute atomic E-state index is 0.000116. The van der Waals surface area contributed by atoms with E-state index in [4.69, 9.17) is 0 Å². The number of carboxylic acids is 1. The summed E-state index contributed by atoms with van der Waals surface area (Å²) in [6.45, 7) is 3.12. The average Bonchev–Trinajstić information content (AvgIpc) is 2.33. The predicted molar refractivity (Wildman–Crippen MR) is 75.8 cm³/mol. The highest BCUT2D eigenvalue weighted by Crippen LogP contribution is 2.26. The van der Waals surface area contributed by atoms with Crippen LogP contribution in [0.1, 0.15) is 13.8 Å². The lowest BCUT2D eigenvalue weighted by Crippen LogP contribution is -2.90. The molecule has 1 aromatic rings. The van der Waals surface area contributed by atoms with Gasteiger partial charge in [-0.3, -0.25) is 25.5 Å². The molecule has 0 radical (unpaired) electrons. The molecule has 0 aromatic heterocycles. The monoisotopic (exact) mass is 316 g/mol. The maximum atomic E-state index is 11.2. The summed E-state index contributed by atoms with van der Waals surface area (Å²) in [4.78, 5) is 31.3. The van der Waals surface area contributed by atoms with Crippen molar-refractivity contribution in [2.45, 2.75) is 24.6 Å². The van der Waals surface area contributed by atoms with E-state index in [1.165, 1.54) is 5.32 Å². The van der Waals surface area contributed by atoms with Gasteiger partial charge in [-0.05, 0) is 13.8 Å². The third-order valence-electron chi connectivity index (χ3n) is 2.79. The molecule has 0 aliphatic rings. The Morgan fingerprint density at radius 3 is 2.29 bits per heavy atom. The minimum atomic E-state index is -1.19. The summed E-state index contributed by atoms with van der Waals surface area (Å²) in [5.74, 6) is -1.19. The first kappa shape index (κ1) is 16.9. The normalized spacial score (nSPS) is 12.7. The maximum Gasteiger partial charge on any atom is 0.364 e. The molecule has 0 fully saturated rings. The molecule has 1 rings (SSSR count). The zero-order valence-electron chi connectivity index (χ0n) is 11.2. The Kier molecular flexibility index (Phi) is 4.86. The Hall–Kier alpha value is -2.20. The number of benzene rings is 1. The summed E-state index contributed by atoms with van der Waals surface area (Å²) in [5, 5.41) is 32.0. The zero-order valence-corrected chi connectivity index (χ0v) is 12.1. The number of aliphatic carboxylic acids is 1. The van der Waals surface area contributed by atoms with Gasteiger partial charge in [0.15, 0.2) is 0 Å². The molecule has 0 bridgehead atoms. The first-order valence-corrected chi connectivity index (χ1v) is 6.21. The number of nitro groups is 2. The van der Waals surface area contributed by atoms with Crippen LogP contribution in [0.15, 0.2) is 18.2 Å². The second-order valence-electron chi connectivity index (χ2n) is 4.89. The Morgan fingerprint density at radius 1 is 1.33 bits per heavy atom. The number of thiol groups is 1. The van der Waals surface area contributed by atoms with Crippen LogP contribution < -0.4 is 5.32 Å². The van der Waals surface area contributed by atoms with E-state index in [1.807, 2.05) is 0 Å². The van der Waals surface area contributed by atoms with E-state index in [1.54, 1.807) is 13.8 Å². The second kappa shape index (κ2) is 6.06. The number of carbonyl (C=O) groups is 1. The number of carboxylic acid groups (broad SMARTS) is 1. The van der Waals surface area contributed by atoms with Crippen molar-refractivity contribution in [1.29, 1.82) is 0 Å². The average molecular weight is 316 g/mol. The van der Waals surface area contributed by atoms with Gasteiger partial charge in [-0.2, -0.15) is 12.6 Å². The number of quaternary nitrogens is 1. The zero-order chi connectivity index (χ0) is 16.4. The molecule has 9 nitrogen and oxygen atoms in total. The highest BCUT2D eigenvalue weighted by molar-refractivity contribution is 7.81. The van der Waals surface area contributed by atoms with Crippen LogP contribution in [0, 0.1) is 20.2 Å². The molecular formula is C11H14N3O6S+. The quantitative estimate of drug-likeness (QED) is 0.308. The minimum Gasteiger partial charge on any atom is -0.477 e. The SMILES string of the molecule is CC(C)(S)[C@H]([NH2+]c1ccc([N+](=O)[O-])cc1[N+](=O)[O-])C(=O)O. The summed E-state index contributed by atoms with van der Waals surface area (Å²) in [6.07, 6.45) is 0. The van der Waals surface area contributed by atoms with Crippen molar-refractivity contribution in [3.63, 3.8) is 0 Å². The Labute approximate surface area is 124 Å². The number of hydrogen-bond acceptors (Lipinski definition) is 6. The van der Waals surface area contributed by atoms with Crippen LogP contribution >= 0.6 is 12.6 Å². The first-order valence-electron chi connectivity index (χ1n) is 5.77. The smallest absolute Gasteiger partial charge is 0.364 e. The molecular weight excluding hydrogens is 302 g/mol. The fourth-order valence-electron chi connectivity index (χ4n) is 1.70. The molecule has 0 spiro atoms. The van der Waals surface area contributed by atoms with Crippen molar-refractivity contribution in [2.75, 3.05) is 0 Å². The molecule has 0 saturated carbocycles. The summed E-state index contributed by atoms with van der Waals surface area (Å²) in [5.41, 5.74) is -0.955. The van der Waals surface area contributed by atoms with Gasteiger partial charge in [0.2, 0.25) is 11.7 Å². The van der Waals surface area contributed by atoms with E-state index in [9.17, 15) is 30.1 Å². The van der Waals surface area contributed by atoms with Gasteiger partial charge < -0.3 is 5.11 Å². The number of nitrogens with two attached hydrogens (primary N) is 1. The van der Waals surface area contributed by atoms with Crippen molar-refractivity contribution in [1.82, 2.24) is 0 Å². The van der Waals surface area contributed by atoms with Crippen molar-refractivity contribution >= 4 is 35.7 Å². The lowest BCUT2D eigenvalue weighted by Gasteiger charge is -2.23. The van der Waals surface area contributed by atoms with E-state index >= 15 is 0 Å². The van der Waals surface area contributed by atoms with Crippen LogP contribution in [0.5, 0.6) is 0 Å². The van der Waals surface area contributed by atoms with Gasteiger partial charge >= 0.3 is 11.7 Å². The highest BCUT2D eigenvalue weighted by atomic mass is 32.1. The summed E-state index contributed by atoms with van der Waals surface area (Å²) in [7, 11) is 0. The molecule has 1 atom stereocenters. The van der Waals surface area contributed by atoms with E-state index in [0.29, 0.717) is 0 Å². The molecule has 0 heterocycles. The number of rotatable bonds is 6. The fourth-order valence-corrected chi connectivity index (χ4v) is 1.89. The third kappa shape index (κ3) is 4.13. The van der Waals surface area contributed by atoms with Crippen LogP contribution in [0.25, 0.3) is 0 Å².